The number of rotatable bonds is 2. The lowest BCUT2D eigenvalue weighted by molar-refractivity contribution is 0.138. The second-order valence-electron chi connectivity index (χ2n) is 5.97. The summed E-state index contributed by atoms with van der Waals surface area (Å²) in [5.41, 5.74) is 2.63. The predicted molar refractivity (Wildman–Crippen MR) is 88.1 cm³/mol. The van der Waals surface area contributed by atoms with E-state index in [1.807, 2.05) is 24.3 Å². The molecule has 21 heavy (non-hydrogen) atoms. The number of hydrogen-bond donors (Lipinski definition) is 1. The molecule has 3 rings (SSSR count). The highest BCUT2D eigenvalue weighted by atomic mass is 79.9. The maximum absolute atomic E-state index is 10.6. The lowest BCUT2D eigenvalue weighted by atomic mass is 9.96. The molecule has 0 aromatic heterocycles. The van der Waals surface area contributed by atoms with Gasteiger partial charge in [0, 0.05) is 15.9 Å². The Morgan fingerprint density at radius 3 is 2.71 bits per heavy atom. The summed E-state index contributed by atoms with van der Waals surface area (Å²) >= 11 is 9.40. The van der Waals surface area contributed by atoms with Crippen molar-refractivity contribution in [1.29, 1.82) is 0 Å². The number of aliphatic hydroxyl groups excluding tert-OH is 1. The lowest BCUT2D eigenvalue weighted by Gasteiger charge is -2.16. The van der Waals surface area contributed by atoms with Crippen LogP contribution in [0.1, 0.15) is 36.6 Å². The number of benzene rings is 2. The number of ether oxygens (including phenoxy) is 1. The summed E-state index contributed by atoms with van der Waals surface area (Å²) in [6.45, 7) is 4.14. The molecule has 0 spiro atoms. The van der Waals surface area contributed by atoms with Crippen LogP contribution in [-0.2, 0) is 6.42 Å². The van der Waals surface area contributed by atoms with Crippen molar-refractivity contribution in [2.75, 3.05) is 0 Å². The Labute approximate surface area is 137 Å². The van der Waals surface area contributed by atoms with Crippen molar-refractivity contribution in [3.05, 3.63) is 62.6 Å². The van der Waals surface area contributed by atoms with Gasteiger partial charge in [0.2, 0.25) is 0 Å². The van der Waals surface area contributed by atoms with Crippen molar-refractivity contribution < 1.29 is 9.84 Å². The largest absolute Gasteiger partial charge is 0.487 e. The Balaban J connectivity index is 1.95. The van der Waals surface area contributed by atoms with Gasteiger partial charge >= 0.3 is 0 Å². The van der Waals surface area contributed by atoms with Crippen molar-refractivity contribution in [2.24, 2.45) is 0 Å². The normalized spacial score (nSPS) is 17.2. The Hall–Kier alpha value is -1.03. The van der Waals surface area contributed by atoms with Gasteiger partial charge < -0.3 is 9.84 Å². The van der Waals surface area contributed by atoms with E-state index in [0.29, 0.717) is 5.02 Å². The molecular weight excluding hydrogens is 352 g/mol. The third-order valence-electron chi connectivity index (χ3n) is 3.66. The summed E-state index contributed by atoms with van der Waals surface area (Å²) in [7, 11) is 0. The molecule has 0 radical (unpaired) electrons. The molecule has 0 amide bonds. The van der Waals surface area contributed by atoms with E-state index in [1.165, 1.54) is 0 Å². The first-order chi connectivity index (χ1) is 9.85. The maximum Gasteiger partial charge on any atom is 0.123 e. The molecule has 1 heterocycles. The molecule has 1 atom stereocenters. The summed E-state index contributed by atoms with van der Waals surface area (Å²) in [4.78, 5) is 0. The van der Waals surface area contributed by atoms with Crippen LogP contribution in [0.4, 0.5) is 0 Å². The average Bonchev–Trinajstić information content (AvgIpc) is 2.70. The molecule has 1 unspecified atom stereocenters. The minimum absolute atomic E-state index is 0.174. The van der Waals surface area contributed by atoms with Crippen molar-refractivity contribution in [3.63, 3.8) is 0 Å². The highest BCUT2D eigenvalue weighted by Crippen LogP contribution is 2.38. The summed E-state index contributed by atoms with van der Waals surface area (Å²) in [6.07, 6.45) is 0.163. The number of halogens is 2. The molecule has 2 nitrogen and oxygen atoms in total. The summed E-state index contributed by atoms with van der Waals surface area (Å²) in [5, 5.41) is 11.3. The van der Waals surface area contributed by atoms with Crippen molar-refractivity contribution in [1.82, 2.24) is 0 Å². The zero-order valence-corrected chi connectivity index (χ0v) is 14.2. The van der Waals surface area contributed by atoms with Gasteiger partial charge in [0.1, 0.15) is 17.5 Å². The zero-order valence-electron chi connectivity index (χ0n) is 11.9. The van der Waals surface area contributed by atoms with E-state index < -0.39 is 6.10 Å². The minimum atomic E-state index is -0.689. The minimum Gasteiger partial charge on any atom is -0.487 e. The van der Waals surface area contributed by atoms with Gasteiger partial charge in [0.25, 0.3) is 0 Å². The van der Waals surface area contributed by atoms with Crippen molar-refractivity contribution in [3.8, 4) is 5.75 Å². The molecule has 2 aromatic rings. The first-order valence-electron chi connectivity index (χ1n) is 6.80. The van der Waals surface area contributed by atoms with Crippen LogP contribution in [0.2, 0.25) is 5.02 Å². The van der Waals surface area contributed by atoms with Gasteiger partial charge in [-0.25, -0.2) is 0 Å². The Morgan fingerprint density at radius 1 is 1.24 bits per heavy atom. The predicted octanol–water partition coefficient (Wildman–Crippen LogP) is 4.90. The lowest BCUT2D eigenvalue weighted by Crippen LogP contribution is -2.24. The number of aliphatic hydroxyl groups is 1. The molecule has 0 saturated heterocycles. The molecule has 0 aliphatic carbocycles. The first-order valence-corrected chi connectivity index (χ1v) is 7.98. The summed E-state index contributed by atoms with van der Waals surface area (Å²) < 4.78 is 6.67. The molecule has 1 N–H and O–H groups in total. The van der Waals surface area contributed by atoms with E-state index in [2.05, 4.69) is 29.8 Å². The smallest absolute Gasteiger partial charge is 0.123 e. The quantitative estimate of drug-likeness (QED) is 0.818. The first kappa shape index (κ1) is 14.9. The molecule has 1 aliphatic rings. The Kier molecular flexibility index (Phi) is 3.76. The summed E-state index contributed by atoms with van der Waals surface area (Å²) in [6, 6.07) is 11.3. The van der Waals surface area contributed by atoms with Crippen LogP contribution in [0.3, 0.4) is 0 Å². The van der Waals surface area contributed by atoms with Crippen LogP contribution >= 0.6 is 27.5 Å². The molecule has 0 bridgehead atoms. The molecule has 110 valence electrons. The third-order valence-corrected chi connectivity index (χ3v) is 4.58. The fourth-order valence-electron chi connectivity index (χ4n) is 2.70. The van der Waals surface area contributed by atoms with E-state index in [-0.39, 0.29) is 5.60 Å². The molecule has 1 aliphatic heterocycles. The van der Waals surface area contributed by atoms with Crippen LogP contribution < -0.4 is 4.74 Å². The van der Waals surface area contributed by atoms with Crippen LogP contribution in [0.5, 0.6) is 5.75 Å². The van der Waals surface area contributed by atoms with Crippen LogP contribution in [0.15, 0.2) is 40.9 Å². The third kappa shape index (κ3) is 2.96. The standard InChI is InChI=1S/C17H16BrClO2/c1-17(2)9-11-7-10(3-6-15(11)21-17)16(20)13-5-4-12(19)8-14(13)18/h3-8,16,20H,9H2,1-2H3. The van der Waals surface area contributed by atoms with E-state index in [0.717, 1.165) is 33.3 Å². The molecular formula is C17H16BrClO2. The highest BCUT2D eigenvalue weighted by Gasteiger charge is 2.30. The van der Waals surface area contributed by atoms with E-state index in [1.54, 1.807) is 12.1 Å². The van der Waals surface area contributed by atoms with E-state index in [4.69, 9.17) is 16.3 Å². The van der Waals surface area contributed by atoms with E-state index >= 15 is 0 Å². The second kappa shape index (κ2) is 5.31. The fraction of sp³-hybridized carbons (Fsp3) is 0.294. The topological polar surface area (TPSA) is 29.5 Å². The van der Waals surface area contributed by atoms with Gasteiger partial charge in [-0.3, -0.25) is 0 Å². The average molecular weight is 368 g/mol. The molecule has 0 saturated carbocycles. The van der Waals surface area contributed by atoms with Crippen LogP contribution in [0.25, 0.3) is 0 Å². The van der Waals surface area contributed by atoms with Gasteiger partial charge in [-0.1, -0.05) is 39.7 Å². The summed E-state index contributed by atoms with van der Waals surface area (Å²) in [5.74, 6) is 0.908. The van der Waals surface area contributed by atoms with E-state index in [9.17, 15) is 5.11 Å². The Morgan fingerprint density at radius 2 is 2.00 bits per heavy atom. The highest BCUT2D eigenvalue weighted by molar-refractivity contribution is 9.10. The van der Waals surface area contributed by atoms with Crippen LogP contribution in [-0.4, -0.2) is 10.7 Å². The zero-order chi connectivity index (χ0) is 15.2. The second-order valence-corrected chi connectivity index (χ2v) is 7.26. The van der Waals surface area contributed by atoms with Gasteiger partial charge in [-0.15, -0.1) is 0 Å². The molecule has 0 fully saturated rings. The van der Waals surface area contributed by atoms with Gasteiger partial charge in [-0.05, 0) is 54.8 Å². The molecule has 4 heteroatoms. The monoisotopic (exact) mass is 366 g/mol. The van der Waals surface area contributed by atoms with Gasteiger partial charge in [0.05, 0.1) is 0 Å². The number of fused-ring (bicyclic) bond motifs is 1. The van der Waals surface area contributed by atoms with Crippen molar-refractivity contribution in [2.45, 2.75) is 32.0 Å². The van der Waals surface area contributed by atoms with Crippen LogP contribution in [0, 0.1) is 0 Å². The van der Waals surface area contributed by atoms with Gasteiger partial charge in [0.15, 0.2) is 0 Å². The SMILES string of the molecule is CC1(C)Cc2cc(C(O)c3ccc(Cl)cc3Br)ccc2O1. The van der Waals surface area contributed by atoms with Gasteiger partial charge in [-0.2, -0.15) is 0 Å². The maximum atomic E-state index is 10.6. The number of hydrogen-bond acceptors (Lipinski definition) is 2. The van der Waals surface area contributed by atoms with Crippen molar-refractivity contribution >= 4 is 27.5 Å². The fourth-order valence-corrected chi connectivity index (χ4v) is 3.60. The Bertz CT molecular complexity index is 697. The molecule has 2 aromatic carbocycles.